The van der Waals surface area contributed by atoms with Gasteiger partial charge in [-0.2, -0.15) is 0 Å². The van der Waals surface area contributed by atoms with Crippen LogP contribution in [-0.2, 0) is 4.79 Å². The number of likely N-dealkylation sites (tertiary alicyclic amines) is 1. The maximum atomic E-state index is 12.6. The molecule has 6 heteroatoms. The van der Waals surface area contributed by atoms with Crippen LogP contribution in [0.1, 0.15) is 23.2 Å². The molecule has 0 atom stereocenters. The van der Waals surface area contributed by atoms with Crippen molar-refractivity contribution in [1.82, 2.24) is 4.90 Å². The van der Waals surface area contributed by atoms with Gasteiger partial charge in [-0.15, -0.1) is 0 Å². The summed E-state index contributed by atoms with van der Waals surface area (Å²) in [5.41, 5.74) is -1.32. The van der Waals surface area contributed by atoms with E-state index in [1.165, 1.54) is 4.90 Å². The topological polar surface area (TPSA) is 87.1 Å². The van der Waals surface area contributed by atoms with Crippen molar-refractivity contribution in [3.8, 4) is 5.75 Å². The lowest BCUT2D eigenvalue weighted by Crippen LogP contribution is -2.50. The van der Waals surface area contributed by atoms with Crippen molar-refractivity contribution in [2.75, 3.05) is 19.7 Å². The highest BCUT2D eigenvalue weighted by atomic mass is 16.5. The van der Waals surface area contributed by atoms with E-state index < -0.39 is 11.6 Å². The lowest BCUT2D eigenvalue weighted by Gasteiger charge is -2.35. The Morgan fingerprint density at radius 3 is 2.55 bits per heavy atom. The fourth-order valence-corrected chi connectivity index (χ4v) is 2.38. The van der Waals surface area contributed by atoms with Crippen LogP contribution in [0.2, 0.25) is 0 Å². The molecule has 1 aliphatic heterocycles. The summed E-state index contributed by atoms with van der Waals surface area (Å²) in [7, 11) is 0. The van der Waals surface area contributed by atoms with Gasteiger partial charge >= 0.3 is 5.97 Å². The highest BCUT2D eigenvalue weighted by Gasteiger charge is 2.40. The van der Waals surface area contributed by atoms with Crippen molar-refractivity contribution >= 4 is 11.9 Å². The first-order chi connectivity index (χ1) is 10.5. The predicted octanol–water partition coefficient (Wildman–Crippen LogP) is 1.30. The lowest BCUT2D eigenvalue weighted by molar-refractivity contribution is -0.162. The summed E-state index contributed by atoms with van der Waals surface area (Å²) in [6.45, 7) is 4.25. The highest BCUT2D eigenvalue weighted by molar-refractivity contribution is 5.97. The molecule has 2 rings (SSSR count). The van der Waals surface area contributed by atoms with E-state index >= 15 is 0 Å². The first-order valence-corrected chi connectivity index (χ1v) is 7.06. The van der Waals surface area contributed by atoms with E-state index in [2.05, 4.69) is 6.58 Å². The van der Waals surface area contributed by atoms with E-state index in [9.17, 15) is 14.7 Å². The first kappa shape index (κ1) is 16.0. The number of aliphatic carboxylic acids is 1. The summed E-state index contributed by atoms with van der Waals surface area (Å²) >= 11 is 0. The molecular weight excluding hydrogens is 286 g/mol. The molecule has 1 aromatic carbocycles. The second-order valence-electron chi connectivity index (χ2n) is 5.22. The SMILES string of the molecule is C=CCOc1ccccc1C(=O)N1CCC(O)(C(=O)O)CC1. The number of carboxylic acid groups (broad SMARTS) is 1. The van der Waals surface area contributed by atoms with Gasteiger partial charge < -0.3 is 19.8 Å². The van der Waals surface area contributed by atoms with Crippen LogP contribution in [0.25, 0.3) is 0 Å². The maximum absolute atomic E-state index is 12.6. The number of nitrogens with zero attached hydrogens (tertiary/aromatic N) is 1. The minimum Gasteiger partial charge on any atom is -0.489 e. The number of carbonyl (C=O) groups is 2. The van der Waals surface area contributed by atoms with Crippen LogP contribution in [0.15, 0.2) is 36.9 Å². The first-order valence-electron chi connectivity index (χ1n) is 7.06. The van der Waals surface area contributed by atoms with Crippen molar-refractivity contribution in [3.05, 3.63) is 42.5 Å². The smallest absolute Gasteiger partial charge is 0.335 e. The van der Waals surface area contributed by atoms with Crippen molar-refractivity contribution < 1.29 is 24.5 Å². The van der Waals surface area contributed by atoms with Crippen molar-refractivity contribution in [2.45, 2.75) is 18.4 Å². The molecule has 1 saturated heterocycles. The van der Waals surface area contributed by atoms with Crippen LogP contribution in [0.4, 0.5) is 0 Å². The molecule has 0 saturated carbocycles. The van der Waals surface area contributed by atoms with E-state index in [-0.39, 0.29) is 31.8 Å². The molecule has 1 aromatic rings. The summed E-state index contributed by atoms with van der Waals surface area (Å²) < 4.78 is 5.47. The van der Waals surface area contributed by atoms with E-state index in [0.717, 1.165) is 0 Å². The Balaban J connectivity index is 2.10. The molecular formula is C16H19NO5. The van der Waals surface area contributed by atoms with E-state index in [4.69, 9.17) is 9.84 Å². The van der Waals surface area contributed by atoms with E-state index in [0.29, 0.717) is 17.9 Å². The zero-order chi connectivity index (χ0) is 16.2. The molecule has 1 aliphatic rings. The molecule has 2 N–H and O–H groups in total. The minimum atomic E-state index is -1.74. The number of hydrogen-bond acceptors (Lipinski definition) is 4. The van der Waals surface area contributed by atoms with Gasteiger partial charge in [-0.1, -0.05) is 24.8 Å². The number of carbonyl (C=O) groups excluding carboxylic acids is 1. The second-order valence-corrected chi connectivity index (χ2v) is 5.22. The average molecular weight is 305 g/mol. The van der Waals surface area contributed by atoms with Gasteiger partial charge in [-0.05, 0) is 12.1 Å². The van der Waals surface area contributed by atoms with Crippen molar-refractivity contribution in [3.63, 3.8) is 0 Å². The monoisotopic (exact) mass is 305 g/mol. The van der Waals surface area contributed by atoms with Gasteiger partial charge in [-0.3, -0.25) is 4.79 Å². The van der Waals surface area contributed by atoms with Crippen LogP contribution in [0.3, 0.4) is 0 Å². The Kier molecular flexibility index (Phi) is 4.82. The number of aliphatic hydroxyl groups is 1. The van der Waals surface area contributed by atoms with E-state index in [1.807, 2.05) is 0 Å². The largest absolute Gasteiger partial charge is 0.489 e. The molecule has 0 aliphatic carbocycles. The van der Waals surface area contributed by atoms with Gasteiger partial charge in [0, 0.05) is 25.9 Å². The molecule has 1 amide bonds. The molecule has 22 heavy (non-hydrogen) atoms. The zero-order valence-corrected chi connectivity index (χ0v) is 12.2. The normalized spacial score (nSPS) is 16.9. The number of hydrogen-bond donors (Lipinski definition) is 2. The number of benzene rings is 1. The molecule has 0 bridgehead atoms. The average Bonchev–Trinajstić information content (AvgIpc) is 2.53. The molecule has 0 aromatic heterocycles. The van der Waals surface area contributed by atoms with Gasteiger partial charge in [0.15, 0.2) is 5.60 Å². The van der Waals surface area contributed by atoms with Gasteiger partial charge in [-0.25, -0.2) is 4.79 Å². The molecule has 0 unspecified atom stereocenters. The molecule has 118 valence electrons. The zero-order valence-electron chi connectivity index (χ0n) is 12.2. The number of ether oxygens (including phenoxy) is 1. The Morgan fingerprint density at radius 2 is 1.95 bits per heavy atom. The summed E-state index contributed by atoms with van der Waals surface area (Å²) in [4.78, 5) is 25.1. The van der Waals surface area contributed by atoms with Crippen LogP contribution in [0.5, 0.6) is 5.75 Å². The van der Waals surface area contributed by atoms with Crippen LogP contribution >= 0.6 is 0 Å². The summed E-state index contributed by atoms with van der Waals surface area (Å²) in [6, 6.07) is 6.88. The van der Waals surface area contributed by atoms with Gasteiger partial charge in [0.2, 0.25) is 0 Å². The van der Waals surface area contributed by atoms with Gasteiger partial charge in [0.05, 0.1) is 5.56 Å². The Bertz CT molecular complexity index is 576. The van der Waals surface area contributed by atoms with Crippen LogP contribution in [0, 0.1) is 0 Å². The number of piperidine rings is 1. The Labute approximate surface area is 128 Å². The molecule has 0 spiro atoms. The lowest BCUT2D eigenvalue weighted by atomic mass is 9.91. The standard InChI is InChI=1S/C16H19NO5/c1-2-11-22-13-6-4-3-5-12(13)14(18)17-9-7-16(21,8-10-17)15(19)20/h2-6,21H,1,7-11H2,(H,19,20). The van der Waals surface area contributed by atoms with Crippen molar-refractivity contribution in [2.24, 2.45) is 0 Å². The Morgan fingerprint density at radius 1 is 1.32 bits per heavy atom. The summed E-state index contributed by atoms with van der Waals surface area (Å²) in [6.07, 6.45) is 1.63. The third kappa shape index (κ3) is 3.28. The third-order valence-electron chi connectivity index (χ3n) is 3.75. The number of carboxylic acids is 1. The fraction of sp³-hybridized carbons (Fsp3) is 0.375. The predicted molar refractivity (Wildman–Crippen MR) is 79.9 cm³/mol. The summed E-state index contributed by atoms with van der Waals surface area (Å²) in [5.74, 6) is -1.01. The molecule has 6 nitrogen and oxygen atoms in total. The summed E-state index contributed by atoms with van der Waals surface area (Å²) in [5, 5.41) is 18.9. The van der Waals surface area contributed by atoms with Gasteiger partial charge in [0.25, 0.3) is 5.91 Å². The molecule has 0 radical (unpaired) electrons. The second kappa shape index (κ2) is 6.62. The number of rotatable bonds is 5. The number of amides is 1. The van der Waals surface area contributed by atoms with Gasteiger partial charge in [0.1, 0.15) is 12.4 Å². The number of para-hydroxylation sites is 1. The third-order valence-corrected chi connectivity index (χ3v) is 3.75. The van der Waals surface area contributed by atoms with Crippen LogP contribution < -0.4 is 4.74 Å². The van der Waals surface area contributed by atoms with Crippen LogP contribution in [-0.4, -0.2) is 52.3 Å². The highest BCUT2D eigenvalue weighted by Crippen LogP contribution is 2.26. The van der Waals surface area contributed by atoms with Crippen molar-refractivity contribution in [1.29, 1.82) is 0 Å². The molecule has 1 fully saturated rings. The minimum absolute atomic E-state index is 0.0176. The fourth-order valence-electron chi connectivity index (χ4n) is 2.38. The molecule has 1 heterocycles. The Hall–Kier alpha value is -2.34. The van der Waals surface area contributed by atoms with E-state index in [1.54, 1.807) is 30.3 Å². The quantitative estimate of drug-likeness (QED) is 0.801. The maximum Gasteiger partial charge on any atom is 0.335 e.